The van der Waals surface area contributed by atoms with Gasteiger partial charge in [0.2, 0.25) is 0 Å². The number of ether oxygens (including phenoxy) is 4. The van der Waals surface area contributed by atoms with Crippen LogP contribution in [0.5, 0.6) is 0 Å². The van der Waals surface area contributed by atoms with Crippen LogP contribution in [0.3, 0.4) is 0 Å². The van der Waals surface area contributed by atoms with Crippen LogP contribution < -0.4 is 0 Å². The molecule has 0 amide bonds. The SMILES string of the molecule is CC(=O)O[C@@H]1C2=C(C)C(=O)O[C@H]2C[C@@]2(C)O[C@@H]2CC[C@]2(C)O[C@H]12. The third-order valence-corrected chi connectivity index (χ3v) is 5.68. The molecule has 4 rings (SSSR count). The zero-order valence-corrected chi connectivity index (χ0v) is 13.9. The molecule has 0 aromatic carbocycles. The Labute approximate surface area is 135 Å². The van der Waals surface area contributed by atoms with E-state index in [-0.39, 0.29) is 35.3 Å². The minimum atomic E-state index is -0.562. The monoisotopic (exact) mass is 322 g/mol. The summed E-state index contributed by atoms with van der Waals surface area (Å²) in [6, 6.07) is 0. The van der Waals surface area contributed by atoms with Crippen molar-refractivity contribution in [1.29, 1.82) is 0 Å². The van der Waals surface area contributed by atoms with Gasteiger partial charge >= 0.3 is 11.9 Å². The van der Waals surface area contributed by atoms with Gasteiger partial charge in [0.05, 0.1) is 17.3 Å². The summed E-state index contributed by atoms with van der Waals surface area (Å²) in [6.45, 7) is 7.18. The van der Waals surface area contributed by atoms with Gasteiger partial charge in [0.25, 0.3) is 0 Å². The van der Waals surface area contributed by atoms with Crippen LogP contribution in [0, 0.1) is 0 Å². The highest BCUT2D eigenvalue weighted by atomic mass is 16.6. The fourth-order valence-electron chi connectivity index (χ4n) is 4.12. The molecule has 6 heteroatoms. The van der Waals surface area contributed by atoms with E-state index in [9.17, 15) is 9.59 Å². The maximum Gasteiger partial charge on any atom is 0.334 e. The van der Waals surface area contributed by atoms with Crippen LogP contribution >= 0.6 is 0 Å². The normalized spacial score (nSPS) is 47.9. The van der Waals surface area contributed by atoms with Gasteiger partial charge in [-0.05, 0) is 33.6 Å². The third-order valence-electron chi connectivity index (χ3n) is 5.68. The summed E-state index contributed by atoms with van der Waals surface area (Å²) < 4.78 is 22.9. The summed E-state index contributed by atoms with van der Waals surface area (Å²) in [4.78, 5) is 23.7. The first-order chi connectivity index (χ1) is 10.7. The Hall–Kier alpha value is -1.40. The molecule has 0 aromatic heterocycles. The number of esters is 2. The van der Waals surface area contributed by atoms with E-state index in [1.54, 1.807) is 6.92 Å². The van der Waals surface area contributed by atoms with E-state index in [0.717, 1.165) is 18.4 Å². The first kappa shape index (κ1) is 15.1. The molecule has 0 unspecified atom stereocenters. The average molecular weight is 322 g/mol. The van der Waals surface area contributed by atoms with E-state index in [2.05, 4.69) is 0 Å². The lowest BCUT2D eigenvalue weighted by atomic mass is 9.83. The van der Waals surface area contributed by atoms with Crippen molar-refractivity contribution in [2.24, 2.45) is 0 Å². The van der Waals surface area contributed by atoms with Crippen LogP contribution in [0.1, 0.15) is 47.0 Å². The van der Waals surface area contributed by atoms with Gasteiger partial charge in [-0.3, -0.25) is 4.79 Å². The fourth-order valence-corrected chi connectivity index (χ4v) is 4.12. The molecular weight excluding hydrogens is 300 g/mol. The number of hydrogen-bond acceptors (Lipinski definition) is 6. The van der Waals surface area contributed by atoms with E-state index in [0.29, 0.717) is 12.0 Å². The average Bonchev–Trinajstić information content (AvgIpc) is 3.27. The number of hydrogen-bond donors (Lipinski definition) is 0. The molecule has 3 aliphatic heterocycles. The fraction of sp³-hybridized carbons (Fsp3) is 0.765. The van der Waals surface area contributed by atoms with E-state index >= 15 is 0 Å². The molecule has 23 heavy (non-hydrogen) atoms. The molecule has 3 fully saturated rings. The molecule has 0 bridgehead atoms. The van der Waals surface area contributed by atoms with Gasteiger partial charge in [-0.2, -0.15) is 0 Å². The van der Waals surface area contributed by atoms with Crippen LogP contribution in [0.15, 0.2) is 11.1 Å². The smallest absolute Gasteiger partial charge is 0.334 e. The molecule has 1 saturated carbocycles. The third kappa shape index (κ3) is 2.31. The Morgan fingerprint density at radius 3 is 2.70 bits per heavy atom. The van der Waals surface area contributed by atoms with Crippen molar-refractivity contribution >= 4 is 11.9 Å². The Morgan fingerprint density at radius 2 is 2.00 bits per heavy atom. The highest BCUT2D eigenvalue weighted by molar-refractivity contribution is 5.92. The van der Waals surface area contributed by atoms with Gasteiger partial charge in [-0.15, -0.1) is 0 Å². The van der Waals surface area contributed by atoms with Crippen molar-refractivity contribution in [2.45, 2.75) is 82.6 Å². The zero-order valence-electron chi connectivity index (χ0n) is 13.9. The number of carbonyl (C=O) groups excluding carboxylic acids is 2. The van der Waals surface area contributed by atoms with E-state index in [1.165, 1.54) is 6.92 Å². The Kier molecular flexibility index (Phi) is 3.01. The molecule has 0 N–H and O–H groups in total. The second-order valence-corrected chi connectivity index (χ2v) is 7.52. The van der Waals surface area contributed by atoms with Gasteiger partial charge < -0.3 is 18.9 Å². The summed E-state index contributed by atoms with van der Waals surface area (Å²) in [7, 11) is 0. The minimum Gasteiger partial charge on any atom is -0.455 e. The number of carbonyl (C=O) groups is 2. The van der Waals surface area contributed by atoms with Crippen LogP contribution in [-0.4, -0.2) is 47.6 Å². The summed E-state index contributed by atoms with van der Waals surface area (Å²) in [5.41, 5.74) is 0.657. The predicted octanol–water partition coefficient (Wildman–Crippen LogP) is 1.66. The van der Waals surface area contributed by atoms with Crippen molar-refractivity contribution in [1.82, 2.24) is 0 Å². The van der Waals surface area contributed by atoms with Gasteiger partial charge in [-0.1, -0.05) is 0 Å². The lowest BCUT2D eigenvalue weighted by Gasteiger charge is -2.25. The second-order valence-electron chi connectivity index (χ2n) is 7.52. The number of fused-ring (bicyclic) bond motifs is 3. The van der Waals surface area contributed by atoms with Crippen LogP contribution in [-0.2, 0) is 28.5 Å². The maximum atomic E-state index is 12.1. The molecule has 6 nitrogen and oxygen atoms in total. The Bertz CT molecular complexity index is 625. The topological polar surface area (TPSA) is 77.7 Å². The second kappa shape index (κ2) is 4.57. The van der Waals surface area contributed by atoms with E-state index < -0.39 is 12.2 Å². The zero-order chi connectivity index (χ0) is 16.6. The summed E-state index contributed by atoms with van der Waals surface area (Å²) in [5, 5.41) is 0. The first-order valence-corrected chi connectivity index (χ1v) is 8.18. The van der Waals surface area contributed by atoms with E-state index in [4.69, 9.17) is 18.9 Å². The van der Waals surface area contributed by atoms with Crippen LogP contribution in [0.4, 0.5) is 0 Å². The lowest BCUT2D eigenvalue weighted by molar-refractivity contribution is -0.146. The standard InChI is InChI=1S/C17H22O6/c1-8-12-10(21-15(8)19)7-17(4)11(22-17)5-6-16(3)14(23-16)13(12)20-9(2)18/h10-11,13-14H,5-7H2,1-4H3/t10-,11+,13+,14+,16-,17+/m0/s1. The Morgan fingerprint density at radius 1 is 1.26 bits per heavy atom. The van der Waals surface area contributed by atoms with Gasteiger partial charge in [0.15, 0.2) is 6.10 Å². The number of rotatable bonds is 1. The van der Waals surface area contributed by atoms with Crippen molar-refractivity contribution in [3.8, 4) is 0 Å². The lowest BCUT2D eigenvalue weighted by Crippen LogP contribution is -2.36. The summed E-state index contributed by atoms with van der Waals surface area (Å²) in [6.07, 6.45) is 1.32. The highest BCUT2D eigenvalue weighted by Crippen LogP contribution is 2.53. The van der Waals surface area contributed by atoms with E-state index in [1.807, 2.05) is 13.8 Å². The molecule has 3 heterocycles. The predicted molar refractivity (Wildman–Crippen MR) is 78.5 cm³/mol. The molecule has 126 valence electrons. The van der Waals surface area contributed by atoms with Gasteiger partial charge in [-0.25, -0.2) is 4.79 Å². The van der Waals surface area contributed by atoms with Gasteiger partial charge in [0.1, 0.15) is 12.2 Å². The molecule has 0 aromatic rings. The summed E-state index contributed by atoms with van der Waals surface area (Å²) >= 11 is 0. The Balaban J connectivity index is 1.73. The molecule has 1 aliphatic carbocycles. The van der Waals surface area contributed by atoms with Crippen molar-refractivity contribution in [3.05, 3.63) is 11.1 Å². The number of epoxide rings is 2. The van der Waals surface area contributed by atoms with Crippen molar-refractivity contribution in [2.75, 3.05) is 0 Å². The van der Waals surface area contributed by atoms with Crippen LogP contribution in [0.25, 0.3) is 0 Å². The highest BCUT2D eigenvalue weighted by Gasteiger charge is 2.64. The molecule has 6 atom stereocenters. The molecule has 2 saturated heterocycles. The van der Waals surface area contributed by atoms with Gasteiger partial charge in [0, 0.05) is 24.5 Å². The van der Waals surface area contributed by atoms with Crippen molar-refractivity contribution in [3.63, 3.8) is 0 Å². The molecular formula is C17H22O6. The van der Waals surface area contributed by atoms with Crippen molar-refractivity contribution < 1.29 is 28.5 Å². The maximum absolute atomic E-state index is 12.1. The summed E-state index contributed by atoms with van der Waals surface area (Å²) in [5.74, 6) is -0.723. The molecule has 0 spiro atoms. The quantitative estimate of drug-likeness (QED) is 0.540. The molecule has 0 radical (unpaired) electrons. The first-order valence-electron chi connectivity index (χ1n) is 8.18. The largest absolute Gasteiger partial charge is 0.455 e. The molecule has 4 aliphatic rings. The minimum absolute atomic E-state index is 0.176. The van der Waals surface area contributed by atoms with Crippen LogP contribution in [0.2, 0.25) is 0 Å².